The third-order valence-electron chi connectivity index (χ3n) is 2.19. The number of hydrogen-bond acceptors (Lipinski definition) is 3. The zero-order valence-electron chi connectivity index (χ0n) is 9.90. The summed E-state index contributed by atoms with van der Waals surface area (Å²) in [5, 5.41) is 11.2. The van der Waals surface area contributed by atoms with Crippen LogP contribution in [0.2, 0.25) is 0 Å². The first kappa shape index (κ1) is 14.5. The average Bonchev–Trinajstić information content (AvgIpc) is 2.27. The number of rotatable bonds is 6. The standard InChI is InChI=1S/C12H14BrNO4/c1-18-10-6-8(13)5-9(7-10)14-11(15)3-2-4-12(16)17/h5-7H,2-4H2,1H3,(H,14,15)(H,16,17). The molecule has 0 spiro atoms. The molecule has 0 aliphatic heterocycles. The number of halogens is 1. The van der Waals surface area contributed by atoms with E-state index >= 15 is 0 Å². The number of amides is 1. The van der Waals surface area contributed by atoms with E-state index in [1.165, 1.54) is 0 Å². The summed E-state index contributed by atoms with van der Waals surface area (Å²) in [4.78, 5) is 21.9. The predicted molar refractivity (Wildman–Crippen MR) is 70.8 cm³/mol. The highest BCUT2D eigenvalue weighted by molar-refractivity contribution is 9.10. The van der Waals surface area contributed by atoms with Gasteiger partial charge in [0.2, 0.25) is 5.91 Å². The monoisotopic (exact) mass is 315 g/mol. The average molecular weight is 316 g/mol. The predicted octanol–water partition coefficient (Wildman–Crippen LogP) is 2.65. The highest BCUT2D eigenvalue weighted by Crippen LogP contribution is 2.24. The van der Waals surface area contributed by atoms with Crippen LogP contribution in [0.1, 0.15) is 19.3 Å². The Hall–Kier alpha value is -1.56. The van der Waals surface area contributed by atoms with Gasteiger partial charge in [0, 0.05) is 29.1 Å². The van der Waals surface area contributed by atoms with Crippen LogP contribution >= 0.6 is 15.9 Å². The number of hydrogen-bond donors (Lipinski definition) is 2. The number of carbonyl (C=O) groups is 2. The minimum atomic E-state index is -0.896. The molecule has 0 radical (unpaired) electrons. The molecule has 0 saturated carbocycles. The Balaban J connectivity index is 2.53. The molecule has 0 fully saturated rings. The lowest BCUT2D eigenvalue weighted by molar-refractivity contribution is -0.137. The van der Waals surface area contributed by atoms with Crippen molar-refractivity contribution in [2.24, 2.45) is 0 Å². The van der Waals surface area contributed by atoms with E-state index in [4.69, 9.17) is 9.84 Å². The van der Waals surface area contributed by atoms with Crippen molar-refractivity contribution in [1.29, 1.82) is 0 Å². The summed E-state index contributed by atoms with van der Waals surface area (Å²) in [6.45, 7) is 0. The van der Waals surface area contributed by atoms with Crippen LogP contribution in [0, 0.1) is 0 Å². The first-order chi connectivity index (χ1) is 8.51. The molecule has 1 amide bonds. The zero-order chi connectivity index (χ0) is 13.5. The number of methoxy groups -OCH3 is 1. The van der Waals surface area contributed by atoms with Crippen LogP contribution in [0.5, 0.6) is 5.75 Å². The Labute approximate surface area is 113 Å². The molecule has 0 aliphatic rings. The molecule has 6 heteroatoms. The van der Waals surface area contributed by atoms with Crippen molar-refractivity contribution in [1.82, 2.24) is 0 Å². The van der Waals surface area contributed by atoms with E-state index in [1.54, 1.807) is 25.3 Å². The van der Waals surface area contributed by atoms with Crippen LogP contribution in [0.25, 0.3) is 0 Å². The van der Waals surface area contributed by atoms with Crippen molar-refractivity contribution in [3.8, 4) is 5.75 Å². The maximum Gasteiger partial charge on any atom is 0.303 e. The maximum atomic E-state index is 11.5. The molecular formula is C12H14BrNO4. The zero-order valence-corrected chi connectivity index (χ0v) is 11.5. The topological polar surface area (TPSA) is 75.6 Å². The number of nitrogens with one attached hydrogen (secondary N) is 1. The highest BCUT2D eigenvalue weighted by atomic mass is 79.9. The first-order valence-corrected chi connectivity index (χ1v) is 6.17. The lowest BCUT2D eigenvalue weighted by Gasteiger charge is -2.07. The fraction of sp³-hybridized carbons (Fsp3) is 0.333. The second-order valence-electron chi connectivity index (χ2n) is 3.68. The van der Waals surface area contributed by atoms with Gasteiger partial charge < -0.3 is 15.2 Å². The molecule has 0 aliphatic carbocycles. The second-order valence-corrected chi connectivity index (χ2v) is 4.59. The van der Waals surface area contributed by atoms with Gasteiger partial charge in [-0.1, -0.05) is 15.9 Å². The Morgan fingerprint density at radius 1 is 1.33 bits per heavy atom. The molecule has 0 aromatic heterocycles. The second kappa shape index (κ2) is 7.00. The number of carbonyl (C=O) groups excluding carboxylic acids is 1. The van der Waals surface area contributed by atoms with E-state index < -0.39 is 5.97 Å². The number of aliphatic carboxylic acids is 1. The van der Waals surface area contributed by atoms with Crippen molar-refractivity contribution < 1.29 is 19.4 Å². The van der Waals surface area contributed by atoms with Crippen LogP contribution in [0.3, 0.4) is 0 Å². The van der Waals surface area contributed by atoms with Crippen LogP contribution in [0.15, 0.2) is 22.7 Å². The van der Waals surface area contributed by atoms with Gasteiger partial charge in [0.25, 0.3) is 0 Å². The van der Waals surface area contributed by atoms with Gasteiger partial charge >= 0.3 is 5.97 Å². The van der Waals surface area contributed by atoms with E-state index in [0.29, 0.717) is 17.9 Å². The maximum absolute atomic E-state index is 11.5. The normalized spacial score (nSPS) is 9.89. The molecule has 0 atom stereocenters. The molecule has 1 aromatic carbocycles. The number of carboxylic acid groups (broad SMARTS) is 1. The van der Waals surface area contributed by atoms with Gasteiger partial charge in [0.15, 0.2) is 0 Å². The fourth-order valence-electron chi connectivity index (χ4n) is 1.38. The van der Waals surface area contributed by atoms with Crippen molar-refractivity contribution >= 4 is 33.5 Å². The summed E-state index contributed by atoms with van der Waals surface area (Å²) >= 11 is 3.31. The molecule has 5 nitrogen and oxygen atoms in total. The number of anilines is 1. The van der Waals surface area contributed by atoms with Crippen LogP contribution in [0.4, 0.5) is 5.69 Å². The third kappa shape index (κ3) is 5.18. The molecule has 98 valence electrons. The Morgan fingerprint density at radius 3 is 2.67 bits per heavy atom. The van der Waals surface area contributed by atoms with E-state index in [0.717, 1.165) is 4.47 Å². The lowest BCUT2D eigenvalue weighted by Crippen LogP contribution is -2.12. The van der Waals surface area contributed by atoms with Gasteiger partial charge in [-0.2, -0.15) is 0 Å². The SMILES string of the molecule is COc1cc(Br)cc(NC(=O)CCCC(=O)O)c1. The quantitative estimate of drug-likeness (QED) is 0.846. The van der Waals surface area contributed by atoms with Gasteiger partial charge in [-0.15, -0.1) is 0 Å². The Morgan fingerprint density at radius 2 is 2.06 bits per heavy atom. The Kier molecular flexibility index (Phi) is 5.64. The van der Waals surface area contributed by atoms with Gasteiger partial charge in [-0.3, -0.25) is 9.59 Å². The van der Waals surface area contributed by atoms with Crippen molar-refractivity contribution in [3.63, 3.8) is 0 Å². The van der Waals surface area contributed by atoms with E-state index in [-0.39, 0.29) is 18.7 Å². The summed E-state index contributed by atoms with van der Waals surface area (Å²) in [6.07, 6.45) is 0.503. The highest BCUT2D eigenvalue weighted by Gasteiger charge is 2.06. The van der Waals surface area contributed by atoms with Gasteiger partial charge in [-0.05, 0) is 18.6 Å². The van der Waals surface area contributed by atoms with Crippen LogP contribution in [-0.4, -0.2) is 24.1 Å². The van der Waals surface area contributed by atoms with Crippen molar-refractivity contribution in [2.45, 2.75) is 19.3 Å². The number of benzene rings is 1. The summed E-state index contributed by atoms with van der Waals surface area (Å²) in [5.74, 6) is -0.478. The molecule has 0 saturated heterocycles. The van der Waals surface area contributed by atoms with Gasteiger partial charge in [-0.25, -0.2) is 0 Å². The fourth-order valence-corrected chi connectivity index (χ4v) is 1.85. The summed E-state index contributed by atoms with van der Waals surface area (Å²) in [5.41, 5.74) is 0.613. The van der Waals surface area contributed by atoms with Crippen molar-refractivity contribution in [2.75, 3.05) is 12.4 Å². The largest absolute Gasteiger partial charge is 0.497 e. The Bertz CT molecular complexity index is 448. The van der Waals surface area contributed by atoms with Gasteiger partial charge in [0.1, 0.15) is 5.75 Å². The molecule has 2 N–H and O–H groups in total. The lowest BCUT2D eigenvalue weighted by atomic mass is 10.2. The van der Waals surface area contributed by atoms with E-state index in [9.17, 15) is 9.59 Å². The summed E-state index contributed by atoms with van der Waals surface area (Å²) < 4.78 is 5.86. The molecule has 1 rings (SSSR count). The number of ether oxygens (including phenoxy) is 1. The van der Waals surface area contributed by atoms with E-state index in [2.05, 4.69) is 21.2 Å². The molecule has 0 heterocycles. The minimum Gasteiger partial charge on any atom is -0.497 e. The molecule has 1 aromatic rings. The van der Waals surface area contributed by atoms with Crippen LogP contribution in [-0.2, 0) is 9.59 Å². The summed E-state index contributed by atoms with van der Waals surface area (Å²) in [7, 11) is 1.54. The first-order valence-electron chi connectivity index (χ1n) is 5.37. The van der Waals surface area contributed by atoms with Crippen LogP contribution < -0.4 is 10.1 Å². The molecule has 0 unspecified atom stereocenters. The third-order valence-corrected chi connectivity index (χ3v) is 2.64. The van der Waals surface area contributed by atoms with Gasteiger partial charge in [0.05, 0.1) is 7.11 Å². The number of carboxylic acids is 1. The van der Waals surface area contributed by atoms with E-state index in [1.807, 2.05) is 0 Å². The smallest absolute Gasteiger partial charge is 0.303 e. The molecule has 18 heavy (non-hydrogen) atoms. The molecular weight excluding hydrogens is 302 g/mol. The molecule has 0 bridgehead atoms. The summed E-state index contributed by atoms with van der Waals surface area (Å²) in [6, 6.07) is 5.22. The van der Waals surface area contributed by atoms with Crippen molar-refractivity contribution in [3.05, 3.63) is 22.7 Å². The minimum absolute atomic E-state index is 0.00474.